The lowest BCUT2D eigenvalue weighted by Crippen LogP contribution is -2.28. The average molecular weight is 228 g/mol. The number of aliphatic hydroxyl groups excluding tert-OH is 1. The van der Waals surface area contributed by atoms with Crippen molar-refractivity contribution in [3.05, 3.63) is 35.9 Å². The molecule has 1 aromatic carbocycles. The lowest BCUT2D eigenvalue weighted by Gasteiger charge is -2.14. The van der Waals surface area contributed by atoms with Crippen LogP contribution in [0, 0.1) is 0 Å². The van der Waals surface area contributed by atoms with E-state index in [2.05, 4.69) is 0 Å². The lowest BCUT2D eigenvalue weighted by atomic mass is 10.0. The van der Waals surface area contributed by atoms with E-state index in [-0.39, 0.29) is 25.0 Å². The van der Waals surface area contributed by atoms with Gasteiger partial charge in [-0.25, -0.2) is 0 Å². The second-order valence-corrected chi connectivity index (χ2v) is 3.58. The Morgan fingerprint density at radius 2 is 1.81 bits per heavy atom. The van der Waals surface area contributed by atoms with Gasteiger partial charge in [0.1, 0.15) is 0 Å². The second kappa shape index (κ2) is 5.70. The first kappa shape index (κ1) is 12.8. The Morgan fingerprint density at radius 3 is 2.38 bits per heavy atom. The summed E-state index contributed by atoms with van der Waals surface area (Å²) in [5, 5.41) is 8.49. The van der Waals surface area contributed by atoms with Crippen LogP contribution in [0.25, 0.3) is 0 Å². The highest BCUT2D eigenvalue weighted by atomic mass is 19.3. The number of benzene rings is 1. The van der Waals surface area contributed by atoms with Crippen LogP contribution in [0.15, 0.2) is 30.3 Å². The summed E-state index contributed by atoms with van der Waals surface area (Å²) < 4.78 is 26.8. The topological polar surface area (TPSA) is 37.3 Å². The minimum absolute atomic E-state index is 0.0245. The zero-order valence-corrected chi connectivity index (χ0v) is 8.83. The van der Waals surface area contributed by atoms with E-state index in [4.69, 9.17) is 5.11 Å². The van der Waals surface area contributed by atoms with Gasteiger partial charge < -0.3 is 5.11 Å². The summed E-state index contributed by atoms with van der Waals surface area (Å²) in [5.41, 5.74) is 0.0245. The molecule has 0 radical (unpaired) electrons. The molecule has 0 heterocycles. The number of ketones is 1. The molecule has 0 aliphatic carbocycles. The normalized spacial score (nSPS) is 11.4. The summed E-state index contributed by atoms with van der Waals surface area (Å²) >= 11 is 0. The largest absolute Gasteiger partial charge is 0.396 e. The van der Waals surface area contributed by atoms with E-state index in [1.165, 1.54) is 12.1 Å². The molecule has 0 unspecified atom stereocenters. The molecule has 1 N–H and O–H groups in total. The van der Waals surface area contributed by atoms with Crippen molar-refractivity contribution >= 4 is 5.78 Å². The van der Waals surface area contributed by atoms with Crippen molar-refractivity contribution in [3.8, 4) is 0 Å². The number of halogens is 2. The van der Waals surface area contributed by atoms with Gasteiger partial charge in [-0.1, -0.05) is 30.3 Å². The molecule has 0 atom stereocenters. The van der Waals surface area contributed by atoms with Crippen molar-refractivity contribution in [2.75, 3.05) is 6.61 Å². The van der Waals surface area contributed by atoms with Crippen molar-refractivity contribution in [3.63, 3.8) is 0 Å². The zero-order valence-electron chi connectivity index (χ0n) is 8.83. The van der Waals surface area contributed by atoms with Gasteiger partial charge in [0.25, 0.3) is 0 Å². The van der Waals surface area contributed by atoms with E-state index in [9.17, 15) is 13.6 Å². The van der Waals surface area contributed by atoms with E-state index < -0.39 is 18.1 Å². The van der Waals surface area contributed by atoms with Crippen LogP contribution in [0.3, 0.4) is 0 Å². The van der Waals surface area contributed by atoms with Gasteiger partial charge in [0.15, 0.2) is 0 Å². The van der Waals surface area contributed by atoms with Gasteiger partial charge in [0.05, 0.1) is 0 Å². The highest BCUT2D eigenvalue weighted by Crippen LogP contribution is 2.26. The monoisotopic (exact) mass is 228 g/mol. The van der Waals surface area contributed by atoms with Crippen molar-refractivity contribution in [1.82, 2.24) is 0 Å². The quantitative estimate of drug-likeness (QED) is 0.600. The summed E-state index contributed by atoms with van der Waals surface area (Å²) in [6, 6.07) is 7.53. The van der Waals surface area contributed by atoms with Crippen LogP contribution in [-0.4, -0.2) is 23.4 Å². The van der Waals surface area contributed by atoms with Crippen LogP contribution in [0.5, 0.6) is 0 Å². The van der Waals surface area contributed by atoms with Crippen molar-refractivity contribution < 1.29 is 18.7 Å². The summed E-state index contributed by atoms with van der Waals surface area (Å²) in [6.07, 6.45) is -0.0823. The molecule has 88 valence electrons. The highest BCUT2D eigenvalue weighted by Gasteiger charge is 2.38. The summed E-state index contributed by atoms with van der Waals surface area (Å²) in [6.45, 7) is -0.129. The predicted molar refractivity (Wildman–Crippen MR) is 56.7 cm³/mol. The molecule has 16 heavy (non-hydrogen) atoms. The first-order valence-electron chi connectivity index (χ1n) is 5.16. The molecule has 2 nitrogen and oxygen atoms in total. The lowest BCUT2D eigenvalue weighted by molar-refractivity contribution is 0.00285. The molecule has 4 heteroatoms. The number of carbonyl (C=O) groups is 1. The predicted octanol–water partition coefficient (Wildman–Crippen LogP) is 2.67. The van der Waals surface area contributed by atoms with E-state index in [0.29, 0.717) is 0 Å². The minimum Gasteiger partial charge on any atom is -0.396 e. The Hall–Kier alpha value is -1.29. The zero-order chi connectivity index (χ0) is 12.0. The molecular formula is C12H14F2O2. The van der Waals surface area contributed by atoms with Gasteiger partial charge in [-0.3, -0.25) is 4.79 Å². The van der Waals surface area contributed by atoms with Crippen molar-refractivity contribution in [2.45, 2.75) is 25.2 Å². The fourth-order valence-corrected chi connectivity index (χ4v) is 1.37. The Bertz CT molecular complexity index is 336. The summed E-state index contributed by atoms with van der Waals surface area (Å²) in [7, 11) is 0. The second-order valence-electron chi connectivity index (χ2n) is 3.58. The standard InChI is InChI=1S/C12H14F2O2/c13-12(14,8-4-5-9-15)11(16)10-6-2-1-3-7-10/h1-3,6-7,15H,4-5,8-9H2. The highest BCUT2D eigenvalue weighted by molar-refractivity contribution is 6.01. The number of carbonyl (C=O) groups excluding carboxylic acids is 1. The number of aliphatic hydroxyl groups is 1. The number of Topliss-reactive ketones (excluding diaryl/α,β-unsaturated/α-hetero) is 1. The number of rotatable bonds is 6. The van der Waals surface area contributed by atoms with Crippen LogP contribution in [0.1, 0.15) is 29.6 Å². The molecule has 0 amide bonds. The van der Waals surface area contributed by atoms with Crippen LogP contribution >= 0.6 is 0 Å². The number of unbranched alkanes of at least 4 members (excludes halogenated alkanes) is 1. The van der Waals surface area contributed by atoms with Gasteiger partial charge in [-0.05, 0) is 12.8 Å². The van der Waals surface area contributed by atoms with Gasteiger partial charge in [0, 0.05) is 18.6 Å². The number of hydrogen-bond acceptors (Lipinski definition) is 2. The fourth-order valence-electron chi connectivity index (χ4n) is 1.37. The Balaban J connectivity index is 2.65. The van der Waals surface area contributed by atoms with Gasteiger partial charge >= 0.3 is 5.92 Å². The maximum atomic E-state index is 13.4. The molecular weight excluding hydrogens is 214 g/mol. The van der Waals surface area contributed by atoms with Gasteiger partial charge in [-0.2, -0.15) is 8.78 Å². The number of hydrogen-bond donors (Lipinski definition) is 1. The van der Waals surface area contributed by atoms with E-state index in [1.54, 1.807) is 18.2 Å². The summed E-state index contributed by atoms with van der Waals surface area (Å²) in [4.78, 5) is 11.4. The van der Waals surface area contributed by atoms with E-state index >= 15 is 0 Å². The van der Waals surface area contributed by atoms with Crippen LogP contribution in [0.2, 0.25) is 0 Å². The third kappa shape index (κ3) is 3.38. The minimum atomic E-state index is -3.34. The van der Waals surface area contributed by atoms with Crippen LogP contribution < -0.4 is 0 Å². The third-order valence-corrected chi connectivity index (χ3v) is 2.27. The molecule has 0 bridgehead atoms. The molecule has 0 saturated carbocycles. The maximum Gasteiger partial charge on any atom is 0.309 e. The average Bonchev–Trinajstić information content (AvgIpc) is 2.29. The third-order valence-electron chi connectivity index (χ3n) is 2.27. The first-order chi connectivity index (χ1) is 7.58. The Labute approximate surface area is 92.9 Å². The van der Waals surface area contributed by atoms with E-state index in [0.717, 1.165) is 0 Å². The molecule has 0 aliphatic rings. The van der Waals surface area contributed by atoms with Crippen molar-refractivity contribution in [2.24, 2.45) is 0 Å². The molecule has 0 spiro atoms. The molecule has 0 saturated heterocycles. The smallest absolute Gasteiger partial charge is 0.309 e. The van der Waals surface area contributed by atoms with Crippen LogP contribution in [-0.2, 0) is 0 Å². The molecule has 0 aliphatic heterocycles. The number of alkyl halides is 2. The molecule has 0 aromatic heterocycles. The fraction of sp³-hybridized carbons (Fsp3) is 0.417. The summed E-state index contributed by atoms with van der Waals surface area (Å²) in [5.74, 6) is -4.48. The Morgan fingerprint density at radius 1 is 1.19 bits per heavy atom. The SMILES string of the molecule is O=C(c1ccccc1)C(F)(F)CCCCO. The molecule has 1 rings (SSSR count). The first-order valence-corrected chi connectivity index (χ1v) is 5.16. The van der Waals surface area contributed by atoms with Gasteiger partial charge in [0.2, 0.25) is 5.78 Å². The van der Waals surface area contributed by atoms with Crippen LogP contribution in [0.4, 0.5) is 8.78 Å². The maximum absolute atomic E-state index is 13.4. The molecule has 0 fully saturated rings. The van der Waals surface area contributed by atoms with Crippen molar-refractivity contribution in [1.29, 1.82) is 0 Å². The van der Waals surface area contributed by atoms with E-state index in [1.807, 2.05) is 0 Å². The Kier molecular flexibility index (Phi) is 4.55. The molecule has 1 aromatic rings. The van der Waals surface area contributed by atoms with Gasteiger partial charge in [-0.15, -0.1) is 0 Å².